The fourth-order valence-corrected chi connectivity index (χ4v) is 4.06. The van der Waals surface area contributed by atoms with Gasteiger partial charge in [-0.15, -0.1) is 0 Å². The Bertz CT molecular complexity index is 347. The largest absolute Gasteiger partial charge is 0.465 e. The molecule has 1 heterocycles. The van der Waals surface area contributed by atoms with Gasteiger partial charge in [-0.25, -0.2) is 0 Å². The summed E-state index contributed by atoms with van der Waals surface area (Å²) in [5.74, 6) is 1.71. The Morgan fingerprint density at radius 2 is 1.95 bits per heavy atom. The van der Waals surface area contributed by atoms with E-state index in [1.807, 2.05) is 13.8 Å². The number of likely N-dealkylation sites (tertiary alicyclic amines) is 1. The highest BCUT2D eigenvalue weighted by Gasteiger charge is 2.39. The lowest BCUT2D eigenvalue weighted by Crippen LogP contribution is -2.54. The first-order valence-corrected chi connectivity index (χ1v) is 8.62. The van der Waals surface area contributed by atoms with E-state index in [2.05, 4.69) is 24.1 Å². The van der Waals surface area contributed by atoms with Gasteiger partial charge >= 0.3 is 5.97 Å². The van der Waals surface area contributed by atoms with Crippen molar-refractivity contribution in [1.29, 1.82) is 0 Å². The van der Waals surface area contributed by atoms with Crippen molar-refractivity contribution in [3.63, 3.8) is 0 Å². The van der Waals surface area contributed by atoms with E-state index in [-0.39, 0.29) is 12.0 Å². The Morgan fingerprint density at radius 1 is 1.33 bits per heavy atom. The molecule has 2 aliphatic rings. The SMILES string of the molecule is CCOC(=O)C(C)(CCN1CC2CCCC2C1)NC(C)C. The van der Waals surface area contributed by atoms with E-state index in [1.54, 1.807) is 0 Å². The molecule has 3 atom stereocenters. The fraction of sp³-hybridized carbons (Fsp3) is 0.941. The maximum absolute atomic E-state index is 12.3. The van der Waals surface area contributed by atoms with Gasteiger partial charge in [0.2, 0.25) is 0 Å². The van der Waals surface area contributed by atoms with Gasteiger partial charge in [-0.3, -0.25) is 10.1 Å². The number of carbonyl (C=O) groups excluding carboxylic acids is 1. The van der Waals surface area contributed by atoms with Crippen LogP contribution in [-0.2, 0) is 9.53 Å². The molecule has 4 heteroatoms. The van der Waals surface area contributed by atoms with Crippen molar-refractivity contribution < 1.29 is 9.53 Å². The molecule has 122 valence electrons. The summed E-state index contributed by atoms with van der Waals surface area (Å²) >= 11 is 0. The van der Waals surface area contributed by atoms with Crippen molar-refractivity contribution in [2.24, 2.45) is 11.8 Å². The fourth-order valence-electron chi connectivity index (χ4n) is 4.06. The Morgan fingerprint density at radius 3 is 2.48 bits per heavy atom. The van der Waals surface area contributed by atoms with E-state index >= 15 is 0 Å². The summed E-state index contributed by atoms with van der Waals surface area (Å²) in [4.78, 5) is 14.8. The minimum atomic E-state index is -0.568. The van der Waals surface area contributed by atoms with Gasteiger partial charge in [0.1, 0.15) is 5.54 Å². The quantitative estimate of drug-likeness (QED) is 0.733. The third-order valence-electron chi connectivity index (χ3n) is 5.06. The second-order valence-electron chi connectivity index (χ2n) is 7.31. The summed E-state index contributed by atoms with van der Waals surface area (Å²) in [6, 6.07) is 0.275. The summed E-state index contributed by atoms with van der Waals surface area (Å²) in [7, 11) is 0. The lowest BCUT2D eigenvalue weighted by molar-refractivity contribution is -0.151. The van der Waals surface area contributed by atoms with Crippen molar-refractivity contribution >= 4 is 5.97 Å². The van der Waals surface area contributed by atoms with Crippen LogP contribution >= 0.6 is 0 Å². The van der Waals surface area contributed by atoms with E-state index in [0.29, 0.717) is 6.61 Å². The van der Waals surface area contributed by atoms with Gasteiger partial charge in [-0.2, -0.15) is 0 Å². The molecular formula is C17H32N2O2. The number of hydrogen-bond donors (Lipinski definition) is 1. The number of nitrogens with zero attached hydrogens (tertiary/aromatic N) is 1. The molecule has 4 nitrogen and oxygen atoms in total. The van der Waals surface area contributed by atoms with Crippen LogP contribution in [0.3, 0.4) is 0 Å². The molecule has 0 amide bonds. The highest BCUT2D eigenvalue weighted by Crippen LogP contribution is 2.37. The monoisotopic (exact) mass is 296 g/mol. The summed E-state index contributed by atoms with van der Waals surface area (Å²) < 4.78 is 5.28. The number of carbonyl (C=O) groups is 1. The van der Waals surface area contributed by atoms with Crippen LogP contribution in [-0.4, -0.2) is 48.7 Å². The van der Waals surface area contributed by atoms with Gasteiger partial charge in [0.25, 0.3) is 0 Å². The van der Waals surface area contributed by atoms with Gasteiger partial charge in [0, 0.05) is 25.7 Å². The molecule has 1 aliphatic carbocycles. The maximum Gasteiger partial charge on any atom is 0.326 e. The zero-order chi connectivity index (χ0) is 15.5. The summed E-state index contributed by atoms with van der Waals surface area (Å²) in [5.41, 5.74) is -0.568. The van der Waals surface area contributed by atoms with Gasteiger partial charge in [0.05, 0.1) is 6.61 Å². The first-order valence-electron chi connectivity index (χ1n) is 8.62. The number of rotatable bonds is 7. The lowest BCUT2D eigenvalue weighted by Gasteiger charge is -2.32. The van der Waals surface area contributed by atoms with Crippen molar-refractivity contribution in [3.8, 4) is 0 Å². The predicted molar refractivity (Wildman–Crippen MR) is 85.2 cm³/mol. The normalized spacial score (nSPS) is 28.6. The molecule has 2 fully saturated rings. The van der Waals surface area contributed by atoms with Crippen LogP contribution in [0.15, 0.2) is 0 Å². The van der Waals surface area contributed by atoms with E-state index in [1.165, 1.54) is 32.4 Å². The zero-order valence-corrected chi connectivity index (χ0v) is 14.2. The third kappa shape index (κ3) is 4.19. The van der Waals surface area contributed by atoms with Crippen molar-refractivity contribution in [3.05, 3.63) is 0 Å². The minimum absolute atomic E-state index is 0.113. The molecule has 1 aliphatic heterocycles. The highest BCUT2D eigenvalue weighted by atomic mass is 16.5. The van der Waals surface area contributed by atoms with Crippen LogP contribution < -0.4 is 5.32 Å². The minimum Gasteiger partial charge on any atom is -0.465 e. The molecule has 1 saturated carbocycles. The van der Waals surface area contributed by atoms with Crippen LogP contribution in [0.2, 0.25) is 0 Å². The van der Waals surface area contributed by atoms with Gasteiger partial charge in [-0.1, -0.05) is 6.42 Å². The Balaban J connectivity index is 1.88. The number of hydrogen-bond acceptors (Lipinski definition) is 4. The number of ether oxygens (including phenoxy) is 1. The summed E-state index contributed by atoms with van der Waals surface area (Å²) in [5, 5.41) is 3.41. The molecule has 21 heavy (non-hydrogen) atoms. The summed E-state index contributed by atoms with van der Waals surface area (Å²) in [6.45, 7) is 11.9. The third-order valence-corrected chi connectivity index (χ3v) is 5.06. The smallest absolute Gasteiger partial charge is 0.326 e. The molecule has 2 rings (SSSR count). The van der Waals surface area contributed by atoms with Crippen molar-refractivity contribution in [2.45, 2.75) is 65.0 Å². The predicted octanol–water partition coefficient (Wildman–Crippen LogP) is 2.43. The van der Waals surface area contributed by atoms with Gasteiger partial charge in [-0.05, 0) is 58.8 Å². The van der Waals surface area contributed by atoms with E-state index in [9.17, 15) is 4.79 Å². The Kier molecular flexibility index (Phi) is 5.67. The van der Waals surface area contributed by atoms with Crippen LogP contribution in [0.4, 0.5) is 0 Å². The van der Waals surface area contributed by atoms with Crippen LogP contribution in [0, 0.1) is 11.8 Å². The number of fused-ring (bicyclic) bond motifs is 1. The zero-order valence-electron chi connectivity index (χ0n) is 14.2. The first kappa shape index (κ1) is 16.8. The van der Waals surface area contributed by atoms with Gasteiger partial charge in [0.15, 0.2) is 0 Å². The first-order chi connectivity index (χ1) is 9.94. The van der Waals surface area contributed by atoms with Crippen LogP contribution in [0.25, 0.3) is 0 Å². The van der Waals surface area contributed by atoms with Crippen molar-refractivity contribution in [1.82, 2.24) is 10.2 Å². The van der Waals surface area contributed by atoms with E-state index < -0.39 is 5.54 Å². The molecule has 0 bridgehead atoms. The molecule has 0 aromatic rings. The van der Waals surface area contributed by atoms with E-state index in [4.69, 9.17) is 4.74 Å². The average Bonchev–Trinajstić information content (AvgIpc) is 2.96. The van der Waals surface area contributed by atoms with Crippen LogP contribution in [0.5, 0.6) is 0 Å². The molecule has 1 saturated heterocycles. The number of esters is 1. The second-order valence-corrected chi connectivity index (χ2v) is 7.31. The molecular weight excluding hydrogens is 264 g/mol. The van der Waals surface area contributed by atoms with Crippen LogP contribution in [0.1, 0.15) is 53.4 Å². The molecule has 0 aromatic heterocycles. The topological polar surface area (TPSA) is 41.6 Å². The standard InChI is InChI=1S/C17H32N2O2/c1-5-21-16(20)17(4,18-13(2)3)9-10-19-11-14-7-6-8-15(14)12-19/h13-15,18H,5-12H2,1-4H3. The molecule has 0 aromatic carbocycles. The van der Waals surface area contributed by atoms with E-state index in [0.717, 1.165) is 24.8 Å². The Labute approximate surface area is 129 Å². The number of nitrogens with one attached hydrogen (secondary N) is 1. The Hall–Kier alpha value is -0.610. The summed E-state index contributed by atoms with van der Waals surface area (Å²) in [6.07, 6.45) is 5.04. The second kappa shape index (κ2) is 7.10. The van der Waals surface area contributed by atoms with Crippen molar-refractivity contribution in [2.75, 3.05) is 26.2 Å². The van der Waals surface area contributed by atoms with Gasteiger partial charge < -0.3 is 9.64 Å². The molecule has 1 N–H and O–H groups in total. The molecule has 3 unspecified atom stereocenters. The molecule has 0 radical (unpaired) electrons. The lowest BCUT2D eigenvalue weighted by atomic mass is 9.96. The highest BCUT2D eigenvalue weighted by molar-refractivity contribution is 5.80. The molecule has 0 spiro atoms. The average molecular weight is 296 g/mol. The maximum atomic E-state index is 12.3.